The highest BCUT2D eigenvalue weighted by Gasteiger charge is 2.34. The van der Waals surface area contributed by atoms with E-state index in [2.05, 4.69) is 66.1 Å². The summed E-state index contributed by atoms with van der Waals surface area (Å²) >= 11 is 0. The first kappa shape index (κ1) is 42.6. The predicted octanol–water partition coefficient (Wildman–Crippen LogP) is 7.94. The van der Waals surface area contributed by atoms with E-state index in [1.807, 2.05) is 25.4 Å². The zero-order valence-corrected chi connectivity index (χ0v) is 33.7. The van der Waals surface area contributed by atoms with Gasteiger partial charge < -0.3 is 31.3 Å². The number of rotatable bonds is 22. The van der Waals surface area contributed by atoms with Crippen molar-refractivity contribution in [3.8, 4) is 11.5 Å². The molecule has 1 heterocycles. The lowest BCUT2D eigenvalue weighted by Crippen LogP contribution is -2.35. The Labute approximate surface area is 334 Å². The van der Waals surface area contributed by atoms with Gasteiger partial charge in [-0.15, -0.1) is 0 Å². The number of phenols is 1. The predicted molar refractivity (Wildman–Crippen MR) is 226 cm³/mol. The van der Waals surface area contributed by atoms with E-state index in [4.69, 9.17) is 10.5 Å². The maximum atomic E-state index is 13.3. The largest absolute Gasteiger partial charge is 0.504 e. The molecule has 3 aromatic carbocycles. The third-order valence-corrected chi connectivity index (χ3v) is 11.6. The van der Waals surface area contributed by atoms with Crippen LogP contribution in [0.1, 0.15) is 98.9 Å². The number of carbonyl (C=O) groups excluding carboxylic acids is 2. The van der Waals surface area contributed by atoms with Crippen LogP contribution in [0.15, 0.2) is 96.2 Å². The van der Waals surface area contributed by atoms with Crippen molar-refractivity contribution in [2.45, 2.75) is 103 Å². The smallest absolute Gasteiger partial charge is 0.163 e. The molecule has 56 heavy (non-hydrogen) atoms. The molecule has 1 fully saturated rings. The normalized spacial score (nSPS) is 17.2. The summed E-state index contributed by atoms with van der Waals surface area (Å²) in [6.07, 6.45) is 17.1. The van der Waals surface area contributed by atoms with Gasteiger partial charge >= 0.3 is 0 Å². The molecular weight excluding hydrogens is 699 g/mol. The molecule has 3 aromatic rings. The number of phenolic OH excluding ortho intramolecular Hbond substituents is 1. The van der Waals surface area contributed by atoms with Crippen LogP contribution in [0.5, 0.6) is 11.5 Å². The Morgan fingerprint density at radius 1 is 0.982 bits per heavy atom. The maximum Gasteiger partial charge on any atom is 0.163 e. The van der Waals surface area contributed by atoms with Gasteiger partial charge in [-0.1, -0.05) is 74.4 Å². The lowest BCUT2D eigenvalue weighted by molar-refractivity contribution is -0.124. The summed E-state index contributed by atoms with van der Waals surface area (Å²) in [5, 5.41) is 28.0. The number of methoxy groups -OCH3 is 1. The van der Waals surface area contributed by atoms with Crippen molar-refractivity contribution in [3.05, 3.63) is 124 Å². The Hall–Kier alpha value is -4.50. The SMILES string of the molecule is CNCC(C)CC1(CCCC(=O)CC(=O)C=C(CO)c2cc(OC)c(O)cc2CC2=CNC(N)C=C2CCc2cccc(CCc3ccccc3)c2)CCCC1. The number of aliphatic hydroxyl groups is 1. The lowest BCUT2D eigenvalue weighted by atomic mass is 9.74. The fraction of sp³-hybridized carbons (Fsp3) is 0.458. The Morgan fingerprint density at radius 2 is 1.68 bits per heavy atom. The molecule has 0 spiro atoms. The molecule has 1 aliphatic carbocycles. The van der Waals surface area contributed by atoms with Crippen LogP contribution in [0, 0.1) is 11.3 Å². The molecule has 1 aliphatic heterocycles. The first-order valence-electron chi connectivity index (χ1n) is 20.5. The molecule has 0 bridgehead atoms. The minimum atomic E-state index is -0.417. The highest BCUT2D eigenvalue weighted by atomic mass is 16.5. The van der Waals surface area contributed by atoms with Gasteiger partial charge in [0.2, 0.25) is 0 Å². The van der Waals surface area contributed by atoms with Gasteiger partial charge in [-0.2, -0.15) is 0 Å². The highest BCUT2D eigenvalue weighted by molar-refractivity contribution is 6.07. The van der Waals surface area contributed by atoms with E-state index in [0.717, 1.165) is 61.8 Å². The Balaban J connectivity index is 1.25. The minimum absolute atomic E-state index is 0.0376. The molecule has 2 atom stereocenters. The number of Topliss-reactive ketones (excluding diaryl/α,β-unsaturated/α-hetero) is 1. The molecule has 2 aliphatic rings. The van der Waals surface area contributed by atoms with Crippen molar-refractivity contribution in [1.29, 1.82) is 0 Å². The van der Waals surface area contributed by atoms with Gasteiger partial charge in [-0.05, 0) is 158 Å². The van der Waals surface area contributed by atoms with Crippen LogP contribution in [0.25, 0.3) is 5.57 Å². The zero-order chi connectivity index (χ0) is 39.9. The van der Waals surface area contributed by atoms with Crippen LogP contribution in [-0.2, 0) is 35.3 Å². The van der Waals surface area contributed by atoms with Crippen molar-refractivity contribution in [2.75, 3.05) is 27.3 Å². The summed E-state index contributed by atoms with van der Waals surface area (Å²) in [6, 6.07) is 22.6. The fourth-order valence-electron chi connectivity index (χ4n) is 8.89. The quantitative estimate of drug-likeness (QED) is 0.0515. The topological polar surface area (TPSA) is 134 Å². The highest BCUT2D eigenvalue weighted by Crippen LogP contribution is 2.47. The Kier molecular flexibility index (Phi) is 16.1. The second-order valence-corrected chi connectivity index (χ2v) is 16.2. The van der Waals surface area contributed by atoms with Crippen LogP contribution < -0.4 is 21.1 Å². The summed E-state index contributed by atoms with van der Waals surface area (Å²) in [7, 11) is 3.46. The van der Waals surface area contributed by atoms with Crippen molar-refractivity contribution in [1.82, 2.24) is 10.6 Å². The second-order valence-electron chi connectivity index (χ2n) is 16.2. The van der Waals surface area contributed by atoms with E-state index in [1.54, 1.807) is 12.1 Å². The number of dihydropyridines is 1. The second kappa shape index (κ2) is 21.1. The Morgan fingerprint density at radius 3 is 2.38 bits per heavy atom. The molecule has 300 valence electrons. The molecule has 6 N–H and O–H groups in total. The summed E-state index contributed by atoms with van der Waals surface area (Å²) in [5.41, 5.74) is 14.3. The molecule has 1 saturated carbocycles. The minimum Gasteiger partial charge on any atom is -0.504 e. The van der Waals surface area contributed by atoms with Crippen molar-refractivity contribution >= 4 is 17.1 Å². The molecule has 2 unspecified atom stereocenters. The van der Waals surface area contributed by atoms with Crippen LogP contribution >= 0.6 is 0 Å². The number of allylic oxidation sites excluding steroid dienone is 3. The van der Waals surface area contributed by atoms with Gasteiger partial charge in [-0.3, -0.25) is 9.59 Å². The number of ether oxygens (including phenoxy) is 1. The number of nitrogens with two attached hydrogens (primary N) is 1. The third-order valence-electron chi connectivity index (χ3n) is 11.6. The number of nitrogens with one attached hydrogen (secondary N) is 2. The molecule has 0 amide bonds. The average Bonchev–Trinajstić information content (AvgIpc) is 3.64. The first-order valence-corrected chi connectivity index (χ1v) is 20.5. The maximum absolute atomic E-state index is 13.3. The van der Waals surface area contributed by atoms with Crippen LogP contribution in [-0.4, -0.2) is 55.3 Å². The standard InChI is InChI=1S/C48H63N3O5/c1-34(31-50-2)30-48(20-7-8-21-48)22-10-15-42(53)28-43(54)25-41(33-52)44-29-46(56-3)45(55)26-39(44)24-40-32-51-47(49)27-38(40)19-18-37-14-9-13-36(23-37)17-16-35-11-5-4-6-12-35/h4-6,9,11-14,23,25-27,29,32,34,47,50-52,55H,7-8,10,15-22,24,28,30-31,33,49H2,1-3H3. The molecule has 0 aromatic heterocycles. The van der Waals surface area contributed by atoms with E-state index < -0.39 is 6.61 Å². The molecule has 0 radical (unpaired) electrons. The molecule has 0 saturated heterocycles. The number of aliphatic hydroxyl groups excluding tert-OH is 1. The third kappa shape index (κ3) is 12.5. The Bertz CT molecular complexity index is 1860. The van der Waals surface area contributed by atoms with Crippen molar-refractivity contribution < 1.29 is 24.5 Å². The zero-order valence-electron chi connectivity index (χ0n) is 33.7. The molecule has 5 rings (SSSR count). The summed E-state index contributed by atoms with van der Waals surface area (Å²) in [5.74, 6) is 0.368. The van der Waals surface area contributed by atoms with Gasteiger partial charge in [-0.25, -0.2) is 0 Å². The summed E-state index contributed by atoms with van der Waals surface area (Å²) < 4.78 is 5.45. The molecule has 8 heteroatoms. The monoisotopic (exact) mass is 761 g/mol. The number of ketones is 2. The van der Waals surface area contributed by atoms with Gasteiger partial charge in [0, 0.05) is 12.6 Å². The van der Waals surface area contributed by atoms with Crippen LogP contribution in [0.4, 0.5) is 0 Å². The van der Waals surface area contributed by atoms with Crippen LogP contribution in [0.3, 0.4) is 0 Å². The van der Waals surface area contributed by atoms with Gasteiger partial charge in [0.25, 0.3) is 0 Å². The number of aryl methyl sites for hydroxylation is 3. The number of hydrogen-bond acceptors (Lipinski definition) is 8. The van der Waals surface area contributed by atoms with Gasteiger partial charge in [0.15, 0.2) is 17.3 Å². The summed E-state index contributed by atoms with van der Waals surface area (Å²) in [6.45, 7) is 2.87. The first-order chi connectivity index (χ1) is 27.1. The lowest BCUT2D eigenvalue weighted by Gasteiger charge is -2.32. The van der Waals surface area contributed by atoms with Gasteiger partial charge in [0.1, 0.15) is 5.78 Å². The number of hydrogen-bond donors (Lipinski definition) is 5. The number of carbonyl (C=O) groups is 2. The van der Waals surface area contributed by atoms with E-state index in [0.29, 0.717) is 35.3 Å². The van der Waals surface area contributed by atoms with E-state index in [1.165, 1.54) is 62.0 Å². The van der Waals surface area contributed by atoms with Crippen molar-refractivity contribution in [2.24, 2.45) is 17.1 Å². The molecular formula is C48H63N3O5. The van der Waals surface area contributed by atoms with Crippen LogP contribution in [0.2, 0.25) is 0 Å². The fourth-order valence-corrected chi connectivity index (χ4v) is 8.89. The van der Waals surface area contributed by atoms with E-state index >= 15 is 0 Å². The number of aromatic hydroxyl groups is 1. The van der Waals surface area contributed by atoms with E-state index in [9.17, 15) is 19.8 Å². The van der Waals surface area contributed by atoms with E-state index in [-0.39, 0.29) is 35.7 Å². The van der Waals surface area contributed by atoms with Gasteiger partial charge in [0.05, 0.1) is 26.3 Å². The average molecular weight is 762 g/mol. The van der Waals surface area contributed by atoms with Crippen molar-refractivity contribution in [3.63, 3.8) is 0 Å². The summed E-state index contributed by atoms with van der Waals surface area (Å²) in [4.78, 5) is 26.4. The number of benzene rings is 3. The molecule has 8 nitrogen and oxygen atoms in total.